The minimum Gasteiger partial charge on any atom is -0.497 e. The van der Waals surface area contributed by atoms with Crippen molar-refractivity contribution in [3.63, 3.8) is 0 Å². The first kappa shape index (κ1) is 26.4. The number of primary amides is 1. The lowest BCUT2D eigenvalue weighted by Crippen LogP contribution is -2.39. The molecule has 1 aromatic heterocycles. The van der Waals surface area contributed by atoms with Crippen molar-refractivity contribution in [1.29, 1.82) is 0 Å². The van der Waals surface area contributed by atoms with Crippen LogP contribution < -0.4 is 30.6 Å². The molecule has 0 aliphatic carbocycles. The molecule has 2 amide bonds. The normalized spacial score (nSPS) is 16.9. The van der Waals surface area contributed by atoms with Gasteiger partial charge in [-0.15, -0.1) is 0 Å². The molecule has 3 aromatic rings. The van der Waals surface area contributed by atoms with Crippen LogP contribution in [0.3, 0.4) is 0 Å². The molecule has 10 nitrogen and oxygen atoms in total. The highest BCUT2D eigenvalue weighted by Gasteiger charge is 2.37. The summed E-state index contributed by atoms with van der Waals surface area (Å²) in [5.74, 6) is 0.793. The number of fused-ring (bicyclic) bond motifs is 1. The average molecular weight is 546 g/mol. The van der Waals surface area contributed by atoms with Gasteiger partial charge in [0.25, 0.3) is 5.56 Å². The van der Waals surface area contributed by atoms with Gasteiger partial charge in [0.15, 0.2) is 0 Å². The minimum atomic E-state index is -4.82. The number of rotatable bonds is 5. The van der Waals surface area contributed by atoms with E-state index in [4.69, 9.17) is 15.2 Å². The van der Waals surface area contributed by atoms with Crippen LogP contribution in [0, 0.1) is 0 Å². The zero-order valence-corrected chi connectivity index (χ0v) is 21.2. The van der Waals surface area contributed by atoms with Crippen LogP contribution >= 0.6 is 0 Å². The van der Waals surface area contributed by atoms with Crippen LogP contribution in [0.2, 0.25) is 0 Å². The number of β-amino-alcohol motifs (C(OH)–C–C–N with tert-alkyl or cyclic N) is 1. The molecule has 0 bridgehead atoms. The monoisotopic (exact) mass is 545 g/mol. The van der Waals surface area contributed by atoms with Gasteiger partial charge in [0.05, 0.1) is 37.3 Å². The molecule has 206 valence electrons. The molecule has 13 heteroatoms. The molecule has 0 spiro atoms. The standard InChI is InChI=1S/C26H26F3N5O5/c1-38-17-9-14(10-18(12-17)39-2)22-19-6-8-33(25(30)37)23(19)24(36)34(31-22)21-11-15(32-7-5-16(35)13-32)3-4-20(21)26(27,28)29/h3-4,9-12,16,35H,5-8,13H2,1-2H3,(H2,30,37)/t16-/m0/s1. The SMILES string of the molecule is COc1cc(OC)cc(-c2nn(-c3cc(N4CC[C@H](O)C4)ccc3C(F)(F)F)c(=O)c3c2CCN3C(N)=O)c1. The van der Waals surface area contributed by atoms with Crippen LogP contribution in [0.25, 0.3) is 16.9 Å². The van der Waals surface area contributed by atoms with E-state index >= 15 is 0 Å². The second kappa shape index (κ2) is 9.80. The summed E-state index contributed by atoms with van der Waals surface area (Å²) in [4.78, 5) is 28.8. The maximum absolute atomic E-state index is 14.2. The fraction of sp³-hybridized carbons (Fsp3) is 0.346. The Hall–Kier alpha value is -4.26. The molecule has 2 aliphatic heterocycles. The van der Waals surface area contributed by atoms with E-state index in [0.29, 0.717) is 46.0 Å². The molecule has 39 heavy (non-hydrogen) atoms. The zero-order chi connectivity index (χ0) is 28.1. The predicted molar refractivity (Wildman–Crippen MR) is 137 cm³/mol. The lowest BCUT2D eigenvalue weighted by atomic mass is 10.0. The van der Waals surface area contributed by atoms with E-state index in [1.807, 2.05) is 0 Å². The Kier molecular flexibility index (Phi) is 6.62. The topological polar surface area (TPSA) is 123 Å². The molecule has 1 atom stereocenters. The highest BCUT2D eigenvalue weighted by molar-refractivity contribution is 5.94. The number of carbonyl (C=O) groups excluding carboxylic acids is 1. The predicted octanol–water partition coefficient (Wildman–Crippen LogP) is 2.95. The highest BCUT2D eigenvalue weighted by Crippen LogP contribution is 2.39. The molecule has 0 radical (unpaired) electrons. The quantitative estimate of drug-likeness (QED) is 0.505. The van der Waals surface area contributed by atoms with Crippen LogP contribution in [-0.4, -0.2) is 60.9 Å². The summed E-state index contributed by atoms with van der Waals surface area (Å²) >= 11 is 0. The number of benzene rings is 2. The van der Waals surface area contributed by atoms with Crippen molar-refractivity contribution >= 4 is 17.4 Å². The molecule has 3 N–H and O–H groups in total. The van der Waals surface area contributed by atoms with E-state index in [1.165, 1.54) is 26.4 Å². The summed E-state index contributed by atoms with van der Waals surface area (Å²) in [5, 5.41) is 14.4. The second-order valence-corrected chi connectivity index (χ2v) is 9.32. The van der Waals surface area contributed by atoms with E-state index in [9.17, 15) is 27.9 Å². The first-order chi connectivity index (χ1) is 18.5. The number of hydrogen-bond donors (Lipinski definition) is 2. The summed E-state index contributed by atoms with van der Waals surface area (Å²) < 4.78 is 54.0. The number of nitrogens with two attached hydrogens (primary N) is 1. The molecule has 2 aliphatic rings. The first-order valence-corrected chi connectivity index (χ1v) is 12.1. The molecule has 1 saturated heterocycles. The first-order valence-electron chi connectivity index (χ1n) is 12.1. The molecule has 2 aromatic carbocycles. The number of halogens is 3. The van der Waals surface area contributed by atoms with Crippen molar-refractivity contribution < 1.29 is 32.5 Å². The van der Waals surface area contributed by atoms with Gasteiger partial charge in [-0.25, -0.2) is 4.79 Å². The molecule has 0 unspecified atom stereocenters. The van der Waals surface area contributed by atoms with Crippen LogP contribution in [0.5, 0.6) is 11.5 Å². The molecule has 0 saturated carbocycles. The fourth-order valence-corrected chi connectivity index (χ4v) is 5.07. The number of carbonyl (C=O) groups is 1. The molecule has 5 rings (SSSR count). The molecular formula is C26H26F3N5O5. The number of aromatic nitrogens is 2. The second-order valence-electron chi connectivity index (χ2n) is 9.32. The Morgan fingerprint density at radius 1 is 1.10 bits per heavy atom. The number of aliphatic hydroxyl groups is 1. The molecule has 1 fully saturated rings. The van der Waals surface area contributed by atoms with Gasteiger partial charge < -0.3 is 25.2 Å². The Labute approximate surface area is 221 Å². The van der Waals surface area contributed by atoms with Gasteiger partial charge in [-0.2, -0.15) is 23.0 Å². The summed E-state index contributed by atoms with van der Waals surface area (Å²) in [6.07, 6.45) is -4.76. The minimum absolute atomic E-state index is 0.0670. The number of hydrogen-bond acceptors (Lipinski definition) is 7. The Bertz CT molecular complexity index is 1480. The number of methoxy groups -OCH3 is 2. The third kappa shape index (κ3) is 4.73. The van der Waals surface area contributed by atoms with E-state index in [0.717, 1.165) is 11.0 Å². The number of urea groups is 1. The van der Waals surface area contributed by atoms with Crippen LogP contribution in [0.15, 0.2) is 41.2 Å². The Morgan fingerprint density at radius 2 is 1.79 bits per heavy atom. The number of nitrogens with zero attached hydrogens (tertiary/aromatic N) is 4. The lowest BCUT2D eigenvalue weighted by Gasteiger charge is -2.23. The van der Waals surface area contributed by atoms with Crippen molar-refractivity contribution in [2.75, 3.05) is 43.7 Å². The number of amides is 2. The van der Waals surface area contributed by atoms with Gasteiger partial charge >= 0.3 is 12.2 Å². The van der Waals surface area contributed by atoms with Gasteiger partial charge in [0.1, 0.15) is 17.2 Å². The van der Waals surface area contributed by atoms with E-state index < -0.39 is 35.1 Å². The van der Waals surface area contributed by atoms with Gasteiger partial charge in [-0.1, -0.05) is 0 Å². The average Bonchev–Trinajstić information content (AvgIpc) is 3.55. The summed E-state index contributed by atoms with van der Waals surface area (Å²) in [6, 6.07) is 7.34. The van der Waals surface area contributed by atoms with Crippen molar-refractivity contribution in [3.8, 4) is 28.4 Å². The van der Waals surface area contributed by atoms with Gasteiger partial charge in [0.2, 0.25) is 0 Å². The summed E-state index contributed by atoms with van der Waals surface area (Å²) in [5.41, 5.74) is 4.25. The van der Waals surface area contributed by atoms with E-state index in [1.54, 1.807) is 23.1 Å². The summed E-state index contributed by atoms with van der Waals surface area (Å²) in [7, 11) is 2.89. The zero-order valence-electron chi connectivity index (χ0n) is 21.2. The summed E-state index contributed by atoms with van der Waals surface area (Å²) in [6.45, 7) is 0.738. The Morgan fingerprint density at radius 3 is 2.36 bits per heavy atom. The van der Waals surface area contributed by atoms with Crippen molar-refractivity contribution in [3.05, 3.63) is 57.9 Å². The van der Waals surface area contributed by atoms with Crippen LogP contribution in [0.4, 0.5) is 29.3 Å². The Balaban J connectivity index is 1.81. The van der Waals surface area contributed by atoms with Crippen LogP contribution in [-0.2, 0) is 12.6 Å². The number of anilines is 2. The number of ether oxygens (including phenoxy) is 2. The van der Waals surface area contributed by atoms with Gasteiger partial charge in [-0.3, -0.25) is 9.69 Å². The fourth-order valence-electron chi connectivity index (χ4n) is 5.07. The van der Waals surface area contributed by atoms with E-state index in [-0.39, 0.29) is 30.9 Å². The van der Waals surface area contributed by atoms with Crippen molar-refractivity contribution in [1.82, 2.24) is 9.78 Å². The van der Waals surface area contributed by atoms with Gasteiger partial charge in [0, 0.05) is 42.5 Å². The maximum atomic E-state index is 14.2. The third-order valence-corrected chi connectivity index (χ3v) is 6.96. The van der Waals surface area contributed by atoms with E-state index in [2.05, 4.69) is 5.10 Å². The van der Waals surface area contributed by atoms with Crippen LogP contribution in [0.1, 0.15) is 17.5 Å². The van der Waals surface area contributed by atoms with Gasteiger partial charge in [-0.05, 0) is 43.2 Å². The van der Waals surface area contributed by atoms with Crippen molar-refractivity contribution in [2.45, 2.75) is 25.1 Å². The lowest BCUT2D eigenvalue weighted by molar-refractivity contribution is -0.137. The molecule has 3 heterocycles. The largest absolute Gasteiger partial charge is 0.497 e. The number of aliphatic hydroxyl groups excluding tert-OH is 1. The maximum Gasteiger partial charge on any atom is 0.418 e. The smallest absolute Gasteiger partial charge is 0.418 e. The third-order valence-electron chi connectivity index (χ3n) is 6.96. The molecular weight excluding hydrogens is 519 g/mol. The van der Waals surface area contributed by atoms with Crippen molar-refractivity contribution in [2.24, 2.45) is 5.73 Å². The number of alkyl halides is 3. The highest BCUT2D eigenvalue weighted by atomic mass is 19.4.